The van der Waals surface area contributed by atoms with Crippen molar-refractivity contribution < 1.29 is 19.1 Å². The first-order valence-electron chi connectivity index (χ1n) is 15.4. The van der Waals surface area contributed by atoms with Gasteiger partial charge in [-0.25, -0.2) is 0 Å². The van der Waals surface area contributed by atoms with Crippen LogP contribution >= 0.6 is 0 Å². The average molecular weight is 497 g/mol. The zero-order chi connectivity index (χ0) is 25.8. The molecular weight excluding hydrogens is 436 g/mol. The zero-order valence-corrected chi connectivity index (χ0v) is 23.9. The van der Waals surface area contributed by atoms with Crippen molar-refractivity contribution in [3.63, 3.8) is 0 Å². The molecule has 1 unspecified atom stereocenters. The summed E-state index contributed by atoms with van der Waals surface area (Å²) >= 11 is 0. The van der Waals surface area contributed by atoms with E-state index in [0.717, 1.165) is 51.4 Å². The number of carbonyl (C=O) groups excluding carboxylic acids is 2. The van der Waals surface area contributed by atoms with Gasteiger partial charge in [-0.15, -0.1) is 0 Å². The third kappa shape index (κ3) is 27.4. The summed E-state index contributed by atoms with van der Waals surface area (Å²) in [4.78, 5) is 23.4. The van der Waals surface area contributed by atoms with E-state index >= 15 is 0 Å². The van der Waals surface area contributed by atoms with Crippen LogP contribution in [0.4, 0.5) is 0 Å². The highest BCUT2D eigenvalue weighted by atomic mass is 16.5. The highest BCUT2D eigenvalue weighted by molar-refractivity contribution is 5.69. The minimum absolute atomic E-state index is 0.00861. The molecular formula is C31H60O4. The predicted molar refractivity (Wildman–Crippen MR) is 149 cm³/mol. The Morgan fingerprint density at radius 3 is 1.34 bits per heavy atom. The lowest BCUT2D eigenvalue weighted by Crippen LogP contribution is -2.08. The van der Waals surface area contributed by atoms with Crippen molar-refractivity contribution in [2.24, 2.45) is 5.92 Å². The number of esters is 2. The van der Waals surface area contributed by atoms with Crippen molar-refractivity contribution in [1.82, 2.24) is 0 Å². The first kappa shape index (κ1) is 33.9. The molecule has 208 valence electrons. The van der Waals surface area contributed by atoms with Crippen LogP contribution in [0.5, 0.6) is 0 Å². The van der Waals surface area contributed by atoms with Gasteiger partial charge < -0.3 is 9.47 Å². The Bertz CT molecular complexity index is 463. The molecule has 35 heavy (non-hydrogen) atoms. The standard InChI is InChI=1S/C31H60O4/c1-4-6-21-27-34-30(32)24-20-18-16-14-12-10-8-9-11-13-15-17-19-23-29(3)25-26-31(33)35-28-22-7-5-2/h29H,4-28H2,1-3H3. The van der Waals surface area contributed by atoms with E-state index < -0.39 is 0 Å². The smallest absolute Gasteiger partial charge is 0.305 e. The predicted octanol–water partition coefficient (Wildman–Crippen LogP) is 9.72. The molecule has 0 fully saturated rings. The van der Waals surface area contributed by atoms with Crippen molar-refractivity contribution >= 4 is 11.9 Å². The molecule has 4 heteroatoms. The van der Waals surface area contributed by atoms with Gasteiger partial charge in [-0.05, 0) is 31.6 Å². The molecule has 1 atom stereocenters. The first-order valence-corrected chi connectivity index (χ1v) is 15.4. The summed E-state index contributed by atoms with van der Waals surface area (Å²) in [6, 6.07) is 0. The third-order valence-electron chi connectivity index (χ3n) is 6.94. The second-order valence-electron chi connectivity index (χ2n) is 10.6. The molecule has 0 heterocycles. The van der Waals surface area contributed by atoms with Crippen LogP contribution in [0.3, 0.4) is 0 Å². The van der Waals surface area contributed by atoms with Gasteiger partial charge in [0.25, 0.3) is 0 Å². The summed E-state index contributed by atoms with van der Waals surface area (Å²) < 4.78 is 10.5. The molecule has 0 spiro atoms. The number of unbranched alkanes of at least 4 members (excludes halogenated alkanes) is 16. The molecule has 0 aromatic heterocycles. The van der Waals surface area contributed by atoms with Crippen molar-refractivity contribution in [3.8, 4) is 0 Å². The molecule has 0 amide bonds. The van der Waals surface area contributed by atoms with Gasteiger partial charge in [0, 0.05) is 12.8 Å². The lowest BCUT2D eigenvalue weighted by molar-refractivity contribution is -0.144. The SMILES string of the molecule is CCCCCOC(=O)CCCCCCCCCCCCCCCC(C)CCC(=O)OCCCCC. The maximum absolute atomic E-state index is 11.7. The molecule has 0 rings (SSSR count). The van der Waals surface area contributed by atoms with Gasteiger partial charge in [-0.3, -0.25) is 9.59 Å². The molecule has 0 radical (unpaired) electrons. The minimum atomic E-state index is -0.0111. The van der Waals surface area contributed by atoms with Gasteiger partial charge in [-0.1, -0.05) is 130 Å². The Balaban J connectivity index is 3.26. The number of rotatable bonds is 27. The molecule has 0 saturated carbocycles. The molecule has 0 aromatic rings. The van der Waals surface area contributed by atoms with Gasteiger partial charge >= 0.3 is 11.9 Å². The van der Waals surface area contributed by atoms with E-state index in [1.807, 2.05) is 0 Å². The lowest BCUT2D eigenvalue weighted by Gasteiger charge is -2.11. The maximum atomic E-state index is 11.7. The summed E-state index contributed by atoms with van der Waals surface area (Å²) in [5.41, 5.74) is 0. The summed E-state index contributed by atoms with van der Waals surface area (Å²) in [7, 11) is 0. The summed E-state index contributed by atoms with van der Waals surface area (Å²) in [6.07, 6.45) is 26.9. The molecule has 4 nitrogen and oxygen atoms in total. The van der Waals surface area contributed by atoms with Gasteiger partial charge in [0.1, 0.15) is 0 Å². The Morgan fingerprint density at radius 1 is 0.486 bits per heavy atom. The van der Waals surface area contributed by atoms with Crippen molar-refractivity contribution in [2.75, 3.05) is 13.2 Å². The Labute approximate surface area is 218 Å². The normalized spacial score (nSPS) is 12.0. The Kier molecular flexibility index (Phi) is 26.7. The fourth-order valence-corrected chi connectivity index (χ4v) is 4.44. The Hall–Kier alpha value is -1.06. The van der Waals surface area contributed by atoms with Crippen molar-refractivity contribution in [2.45, 2.75) is 168 Å². The topological polar surface area (TPSA) is 52.6 Å². The van der Waals surface area contributed by atoms with Gasteiger partial charge in [-0.2, -0.15) is 0 Å². The Morgan fingerprint density at radius 2 is 0.886 bits per heavy atom. The molecule has 0 N–H and O–H groups in total. The molecule has 0 saturated heterocycles. The fourth-order valence-electron chi connectivity index (χ4n) is 4.44. The third-order valence-corrected chi connectivity index (χ3v) is 6.94. The van der Waals surface area contributed by atoms with Crippen LogP contribution in [-0.4, -0.2) is 25.2 Å². The summed E-state index contributed by atoms with van der Waals surface area (Å²) in [6.45, 7) is 7.79. The largest absolute Gasteiger partial charge is 0.466 e. The molecule has 0 aliphatic rings. The van der Waals surface area contributed by atoms with Gasteiger partial charge in [0.15, 0.2) is 0 Å². The van der Waals surface area contributed by atoms with E-state index in [1.54, 1.807) is 0 Å². The van der Waals surface area contributed by atoms with Crippen LogP contribution < -0.4 is 0 Å². The van der Waals surface area contributed by atoms with E-state index in [-0.39, 0.29) is 11.9 Å². The van der Waals surface area contributed by atoms with Crippen molar-refractivity contribution in [1.29, 1.82) is 0 Å². The second kappa shape index (κ2) is 27.5. The van der Waals surface area contributed by atoms with Gasteiger partial charge in [0.05, 0.1) is 13.2 Å². The van der Waals surface area contributed by atoms with Crippen LogP contribution in [0, 0.1) is 5.92 Å². The van der Waals surface area contributed by atoms with E-state index in [4.69, 9.17) is 9.47 Å². The molecule has 0 bridgehead atoms. The zero-order valence-electron chi connectivity index (χ0n) is 23.9. The number of hydrogen-bond donors (Lipinski definition) is 0. The quantitative estimate of drug-likeness (QED) is 0.0838. The van der Waals surface area contributed by atoms with Crippen molar-refractivity contribution in [3.05, 3.63) is 0 Å². The van der Waals surface area contributed by atoms with E-state index in [1.165, 1.54) is 83.5 Å². The van der Waals surface area contributed by atoms with E-state index in [2.05, 4.69) is 20.8 Å². The fraction of sp³-hybridized carbons (Fsp3) is 0.935. The van der Waals surface area contributed by atoms with E-state index in [0.29, 0.717) is 32.0 Å². The van der Waals surface area contributed by atoms with Crippen LogP contribution in [0.2, 0.25) is 0 Å². The monoisotopic (exact) mass is 496 g/mol. The summed E-state index contributed by atoms with van der Waals surface area (Å²) in [5, 5.41) is 0. The van der Waals surface area contributed by atoms with Crippen LogP contribution in [0.1, 0.15) is 168 Å². The van der Waals surface area contributed by atoms with Crippen LogP contribution in [-0.2, 0) is 19.1 Å². The molecule has 0 aromatic carbocycles. The number of carbonyl (C=O) groups is 2. The second-order valence-corrected chi connectivity index (χ2v) is 10.6. The summed E-state index contributed by atoms with van der Waals surface area (Å²) in [5.74, 6) is 0.608. The van der Waals surface area contributed by atoms with E-state index in [9.17, 15) is 9.59 Å². The molecule has 0 aliphatic carbocycles. The lowest BCUT2D eigenvalue weighted by atomic mass is 9.97. The van der Waals surface area contributed by atoms with Gasteiger partial charge in [0.2, 0.25) is 0 Å². The highest BCUT2D eigenvalue weighted by Gasteiger charge is 2.08. The van der Waals surface area contributed by atoms with Crippen LogP contribution in [0.15, 0.2) is 0 Å². The minimum Gasteiger partial charge on any atom is -0.466 e. The average Bonchev–Trinajstić information content (AvgIpc) is 2.85. The van der Waals surface area contributed by atoms with Crippen LogP contribution in [0.25, 0.3) is 0 Å². The highest BCUT2D eigenvalue weighted by Crippen LogP contribution is 2.17. The maximum Gasteiger partial charge on any atom is 0.305 e. The first-order chi connectivity index (χ1) is 17.1. The number of ether oxygens (including phenoxy) is 2. The molecule has 0 aliphatic heterocycles. The number of hydrogen-bond acceptors (Lipinski definition) is 4.